The molecule has 1 aromatic heterocycles. The van der Waals surface area contributed by atoms with Gasteiger partial charge in [-0.05, 0) is 23.8 Å². The van der Waals surface area contributed by atoms with E-state index in [4.69, 9.17) is 5.73 Å². The van der Waals surface area contributed by atoms with E-state index in [9.17, 15) is 15.0 Å². The Morgan fingerprint density at radius 3 is 2.42 bits per heavy atom. The Balaban J connectivity index is 2.21. The summed E-state index contributed by atoms with van der Waals surface area (Å²) in [6.07, 6.45) is 1.54. The zero-order valence-corrected chi connectivity index (χ0v) is 10.00. The molecule has 1 aromatic carbocycles. The van der Waals surface area contributed by atoms with Crippen LogP contribution in [0.1, 0.15) is 15.9 Å². The molecule has 1 amide bonds. The van der Waals surface area contributed by atoms with Crippen molar-refractivity contribution in [2.75, 3.05) is 5.32 Å². The molecule has 0 spiro atoms. The normalized spacial score (nSPS) is 10.2. The number of phenols is 2. The van der Waals surface area contributed by atoms with Gasteiger partial charge < -0.3 is 21.3 Å². The predicted octanol–water partition coefficient (Wildman–Crippen LogP) is 1.20. The van der Waals surface area contributed by atoms with Crippen LogP contribution in [-0.2, 0) is 6.54 Å². The molecule has 1 heterocycles. The number of nitrogens with two attached hydrogens (primary N) is 1. The number of pyridine rings is 1. The summed E-state index contributed by atoms with van der Waals surface area (Å²) >= 11 is 0. The Morgan fingerprint density at radius 1 is 1.21 bits per heavy atom. The average molecular weight is 259 g/mol. The van der Waals surface area contributed by atoms with Crippen molar-refractivity contribution in [3.05, 3.63) is 47.7 Å². The maximum Gasteiger partial charge on any atom is 0.264 e. The molecule has 0 unspecified atom stereocenters. The third-order valence-electron chi connectivity index (χ3n) is 2.55. The van der Waals surface area contributed by atoms with Gasteiger partial charge in [0.25, 0.3) is 5.91 Å². The summed E-state index contributed by atoms with van der Waals surface area (Å²) in [5, 5.41) is 21.6. The first-order chi connectivity index (χ1) is 9.11. The largest absolute Gasteiger partial charge is 0.507 e. The van der Waals surface area contributed by atoms with E-state index < -0.39 is 5.91 Å². The van der Waals surface area contributed by atoms with Gasteiger partial charge in [-0.25, -0.2) is 4.98 Å². The molecule has 2 rings (SSSR count). The third-order valence-corrected chi connectivity index (χ3v) is 2.55. The second-order valence-electron chi connectivity index (χ2n) is 3.88. The van der Waals surface area contributed by atoms with Crippen LogP contribution in [0.2, 0.25) is 0 Å². The number of nitrogens with zero attached hydrogens (tertiary/aromatic N) is 1. The molecule has 2 aromatic rings. The molecule has 19 heavy (non-hydrogen) atoms. The lowest BCUT2D eigenvalue weighted by molar-refractivity contribution is 0.102. The van der Waals surface area contributed by atoms with E-state index in [0.717, 1.165) is 5.56 Å². The number of hydrogen-bond acceptors (Lipinski definition) is 5. The van der Waals surface area contributed by atoms with Crippen molar-refractivity contribution in [3.8, 4) is 11.5 Å². The highest BCUT2D eigenvalue weighted by molar-refractivity contribution is 6.07. The molecule has 0 saturated heterocycles. The molecule has 0 saturated carbocycles. The Hall–Kier alpha value is -2.60. The summed E-state index contributed by atoms with van der Waals surface area (Å²) in [6, 6.07) is 7.40. The number of phenolic OH excluding ortho intramolecular Hbond substituents is 2. The minimum atomic E-state index is -0.636. The number of nitrogens with one attached hydrogen (secondary N) is 1. The van der Waals surface area contributed by atoms with Crippen LogP contribution in [0.15, 0.2) is 36.5 Å². The molecule has 0 fully saturated rings. The van der Waals surface area contributed by atoms with Gasteiger partial charge in [-0.15, -0.1) is 0 Å². The number of carbonyl (C=O) groups excluding carboxylic acids is 1. The minimum absolute atomic E-state index is 0.188. The average Bonchev–Trinajstić information content (AvgIpc) is 2.39. The Kier molecular flexibility index (Phi) is 3.63. The molecule has 0 aliphatic rings. The van der Waals surface area contributed by atoms with Crippen molar-refractivity contribution in [1.29, 1.82) is 0 Å². The van der Waals surface area contributed by atoms with E-state index in [-0.39, 0.29) is 17.1 Å². The van der Waals surface area contributed by atoms with Gasteiger partial charge in [-0.2, -0.15) is 0 Å². The molecule has 6 heteroatoms. The highest BCUT2D eigenvalue weighted by Gasteiger charge is 2.16. The molecule has 6 nitrogen and oxygen atoms in total. The summed E-state index contributed by atoms with van der Waals surface area (Å²) in [7, 11) is 0. The molecule has 0 radical (unpaired) electrons. The van der Waals surface area contributed by atoms with Crippen LogP contribution in [0.25, 0.3) is 0 Å². The van der Waals surface area contributed by atoms with Crippen LogP contribution in [0.3, 0.4) is 0 Å². The second-order valence-corrected chi connectivity index (χ2v) is 3.88. The summed E-state index contributed by atoms with van der Waals surface area (Å²) < 4.78 is 0. The fourth-order valence-electron chi connectivity index (χ4n) is 1.56. The SMILES string of the molecule is NCc1ccc(NC(=O)c2c(O)cccc2O)nc1. The van der Waals surface area contributed by atoms with E-state index in [0.29, 0.717) is 12.4 Å². The zero-order valence-electron chi connectivity index (χ0n) is 10.00. The predicted molar refractivity (Wildman–Crippen MR) is 69.9 cm³/mol. The molecular formula is C13H13N3O3. The quantitative estimate of drug-likeness (QED) is 0.662. The zero-order chi connectivity index (χ0) is 13.8. The first-order valence-corrected chi connectivity index (χ1v) is 5.59. The molecular weight excluding hydrogens is 246 g/mol. The van der Waals surface area contributed by atoms with E-state index in [2.05, 4.69) is 10.3 Å². The van der Waals surface area contributed by atoms with Crippen LogP contribution in [-0.4, -0.2) is 21.1 Å². The Labute approximate surface area is 109 Å². The first-order valence-electron chi connectivity index (χ1n) is 5.59. The number of amides is 1. The molecule has 0 aliphatic heterocycles. The third kappa shape index (κ3) is 2.80. The van der Waals surface area contributed by atoms with Gasteiger partial charge >= 0.3 is 0 Å². The summed E-state index contributed by atoms with van der Waals surface area (Å²) in [5.74, 6) is -0.916. The van der Waals surface area contributed by atoms with Crippen molar-refractivity contribution in [1.82, 2.24) is 4.98 Å². The maximum absolute atomic E-state index is 11.9. The smallest absolute Gasteiger partial charge is 0.264 e. The van der Waals surface area contributed by atoms with Gasteiger partial charge in [0, 0.05) is 12.7 Å². The summed E-state index contributed by atoms with van der Waals surface area (Å²) in [6.45, 7) is 0.363. The second kappa shape index (κ2) is 5.36. The molecule has 0 atom stereocenters. The Morgan fingerprint density at radius 2 is 1.89 bits per heavy atom. The molecule has 5 N–H and O–H groups in total. The van der Waals surface area contributed by atoms with E-state index in [1.807, 2.05) is 0 Å². The highest BCUT2D eigenvalue weighted by atomic mass is 16.3. The van der Waals surface area contributed by atoms with Gasteiger partial charge in [0.05, 0.1) is 0 Å². The van der Waals surface area contributed by atoms with Gasteiger partial charge in [-0.1, -0.05) is 12.1 Å². The van der Waals surface area contributed by atoms with E-state index in [1.165, 1.54) is 18.2 Å². The maximum atomic E-state index is 11.9. The van der Waals surface area contributed by atoms with Crippen LogP contribution in [0, 0.1) is 0 Å². The van der Waals surface area contributed by atoms with Crippen LogP contribution in [0.4, 0.5) is 5.82 Å². The monoisotopic (exact) mass is 259 g/mol. The standard InChI is InChI=1S/C13H13N3O3/c14-6-8-4-5-11(15-7-8)16-13(19)12-9(17)2-1-3-10(12)18/h1-5,7,17-18H,6,14H2,(H,15,16,19). The number of benzene rings is 1. The lowest BCUT2D eigenvalue weighted by atomic mass is 10.1. The molecule has 0 bridgehead atoms. The van der Waals surface area contributed by atoms with Crippen molar-refractivity contribution < 1.29 is 15.0 Å². The number of carbonyl (C=O) groups is 1. The first kappa shape index (κ1) is 12.8. The molecule has 98 valence electrons. The van der Waals surface area contributed by atoms with Crippen LogP contribution in [0.5, 0.6) is 11.5 Å². The topological polar surface area (TPSA) is 108 Å². The van der Waals surface area contributed by atoms with Crippen LogP contribution < -0.4 is 11.1 Å². The van der Waals surface area contributed by atoms with Crippen molar-refractivity contribution in [3.63, 3.8) is 0 Å². The number of anilines is 1. The summed E-state index contributed by atoms with van der Waals surface area (Å²) in [5.41, 5.74) is 6.09. The summed E-state index contributed by atoms with van der Waals surface area (Å²) in [4.78, 5) is 15.9. The fourth-order valence-corrected chi connectivity index (χ4v) is 1.56. The van der Waals surface area contributed by atoms with E-state index in [1.54, 1.807) is 18.3 Å². The Bertz CT molecular complexity index is 576. The number of aromatic nitrogens is 1. The molecule has 0 aliphatic carbocycles. The lowest BCUT2D eigenvalue weighted by Crippen LogP contribution is -2.13. The van der Waals surface area contributed by atoms with Gasteiger partial charge in [0.1, 0.15) is 22.9 Å². The lowest BCUT2D eigenvalue weighted by Gasteiger charge is -2.08. The number of aromatic hydroxyl groups is 2. The van der Waals surface area contributed by atoms with Gasteiger partial charge in [-0.3, -0.25) is 4.79 Å². The highest BCUT2D eigenvalue weighted by Crippen LogP contribution is 2.26. The van der Waals surface area contributed by atoms with Gasteiger partial charge in [0.15, 0.2) is 0 Å². The van der Waals surface area contributed by atoms with E-state index >= 15 is 0 Å². The van der Waals surface area contributed by atoms with Crippen molar-refractivity contribution in [2.24, 2.45) is 5.73 Å². The fraction of sp³-hybridized carbons (Fsp3) is 0.0769. The minimum Gasteiger partial charge on any atom is -0.507 e. The van der Waals surface area contributed by atoms with Crippen molar-refractivity contribution >= 4 is 11.7 Å². The van der Waals surface area contributed by atoms with Crippen molar-refractivity contribution in [2.45, 2.75) is 6.54 Å². The number of hydrogen-bond donors (Lipinski definition) is 4. The van der Waals surface area contributed by atoms with Crippen LogP contribution >= 0.6 is 0 Å². The van der Waals surface area contributed by atoms with Gasteiger partial charge in [0.2, 0.25) is 0 Å². The number of rotatable bonds is 3.